The van der Waals surface area contributed by atoms with E-state index < -0.39 is 5.91 Å². The summed E-state index contributed by atoms with van der Waals surface area (Å²) in [6.45, 7) is 7.44. The summed E-state index contributed by atoms with van der Waals surface area (Å²) in [5, 5.41) is 15.3. The van der Waals surface area contributed by atoms with Crippen molar-refractivity contribution in [2.75, 3.05) is 24.4 Å². The Kier molecular flexibility index (Phi) is 8.94. The second-order valence-electron chi connectivity index (χ2n) is 8.56. The number of hydrogen-bond acceptors (Lipinski definition) is 5. The number of methoxy groups -OCH3 is 1. The Morgan fingerprint density at radius 2 is 1.76 bits per heavy atom. The Balaban J connectivity index is 1.76. The fraction of sp³-hybridized carbons (Fsp3) is 0.207. The molecular formula is C29H28ClN3O4. The first-order chi connectivity index (χ1) is 17.6. The van der Waals surface area contributed by atoms with E-state index in [4.69, 9.17) is 21.1 Å². The zero-order valence-corrected chi connectivity index (χ0v) is 22.1. The van der Waals surface area contributed by atoms with Crippen LogP contribution in [0.15, 0.2) is 54.1 Å². The van der Waals surface area contributed by atoms with Crippen LogP contribution in [0.4, 0.5) is 11.4 Å². The first kappa shape index (κ1) is 27.3. The summed E-state index contributed by atoms with van der Waals surface area (Å²) >= 11 is 6.43. The Bertz CT molecular complexity index is 1420. The van der Waals surface area contributed by atoms with Gasteiger partial charge in [-0.2, -0.15) is 5.26 Å². The van der Waals surface area contributed by atoms with Gasteiger partial charge in [0.15, 0.2) is 18.1 Å². The predicted octanol–water partition coefficient (Wildman–Crippen LogP) is 6.15. The zero-order chi connectivity index (χ0) is 27.1. The average Bonchev–Trinajstić information content (AvgIpc) is 2.86. The minimum Gasteiger partial charge on any atom is -0.493 e. The summed E-state index contributed by atoms with van der Waals surface area (Å²) in [6, 6.07) is 16.3. The van der Waals surface area contributed by atoms with Crippen molar-refractivity contribution in [1.82, 2.24) is 0 Å². The van der Waals surface area contributed by atoms with Crippen molar-refractivity contribution in [2.45, 2.75) is 27.7 Å². The monoisotopic (exact) mass is 517 g/mol. The Morgan fingerprint density at radius 1 is 1.00 bits per heavy atom. The van der Waals surface area contributed by atoms with E-state index in [0.29, 0.717) is 16.9 Å². The third-order valence-corrected chi connectivity index (χ3v) is 6.07. The van der Waals surface area contributed by atoms with Crippen LogP contribution in [0.1, 0.15) is 27.8 Å². The molecule has 37 heavy (non-hydrogen) atoms. The number of nitrogens with zero attached hydrogens (tertiary/aromatic N) is 1. The number of aryl methyl sites for hydroxylation is 3. The second-order valence-corrected chi connectivity index (χ2v) is 8.97. The SMILES string of the molecule is COc1cc(/C=C(\C#N)C(=O)Nc2ccc(C)cc2C)cc(Cl)c1OCC(=O)Nc1cccc(C)c1C. The number of benzene rings is 3. The number of amides is 2. The largest absolute Gasteiger partial charge is 0.493 e. The molecule has 0 saturated heterocycles. The van der Waals surface area contributed by atoms with Crippen LogP contribution in [-0.2, 0) is 9.59 Å². The van der Waals surface area contributed by atoms with Gasteiger partial charge in [0.2, 0.25) is 0 Å². The van der Waals surface area contributed by atoms with Crippen LogP contribution in [0, 0.1) is 39.0 Å². The fourth-order valence-corrected chi connectivity index (χ4v) is 3.91. The molecule has 0 aliphatic heterocycles. The number of ether oxygens (including phenoxy) is 2. The van der Waals surface area contributed by atoms with Gasteiger partial charge >= 0.3 is 0 Å². The molecule has 2 N–H and O–H groups in total. The van der Waals surface area contributed by atoms with E-state index in [1.54, 1.807) is 12.1 Å². The smallest absolute Gasteiger partial charge is 0.266 e. The van der Waals surface area contributed by atoms with Crippen molar-refractivity contribution in [3.05, 3.63) is 86.9 Å². The van der Waals surface area contributed by atoms with Crippen molar-refractivity contribution in [3.63, 3.8) is 0 Å². The topological polar surface area (TPSA) is 100 Å². The van der Waals surface area contributed by atoms with E-state index in [9.17, 15) is 14.9 Å². The molecule has 0 aromatic heterocycles. The number of anilines is 2. The van der Waals surface area contributed by atoms with Crippen LogP contribution in [0.2, 0.25) is 5.02 Å². The van der Waals surface area contributed by atoms with Crippen LogP contribution in [0.25, 0.3) is 6.08 Å². The summed E-state index contributed by atoms with van der Waals surface area (Å²) in [7, 11) is 1.43. The molecule has 0 fully saturated rings. The molecule has 0 unspecified atom stereocenters. The summed E-state index contributed by atoms with van der Waals surface area (Å²) in [6.07, 6.45) is 1.41. The van der Waals surface area contributed by atoms with E-state index in [0.717, 1.165) is 22.3 Å². The molecule has 0 aliphatic rings. The summed E-state index contributed by atoms with van der Waals surface area (Å²) < 4.78 is 11.1. The molecule has 2 amide bonds. The Labute approximate surface area is 221 Å². The number of nitrogens with one attached hydrogen (secondary N) is 2. The van der Waals surface area contributed by atoms with Gasteiger partial charge in [0.1, 0.15) is 11.6 Å². The highest BCUT2D eigenvalue weighted by atomic mass is 35.5. The first-order valence-electron chi connectivity index (χ1n) is 11.5. The maximum absolute atomic E-state index is 12.7. The highest BCUT2D eigenvalue weighted by Gasteiger charge is 2.16. The Hall–Kier alpha value is -4.28. The van der Waals surface area contributed by atoms with Gasteiger partial charge in [-0.25, -0.2) is 0 Å². The van der Waals surface area contributed by atoms with Crippen molar-refractivity contribution >= 4 is 40.9 Å². The van der Waals surface area contributed by atoms with E-state index in [1.807, 2.05) is 64.1 Å². The summed E-state index contributed by atoms with van der Waals surface area (Å²) in [5.74, 6) is -0.473. The van der Waals surface area contributed by atoms with Crippen molar-refractivity contribution in [1.29, 1.82) is 5.26 Å². The van der Waals surface area contributed by atoms with Crippen LogP contribution in [0.5, 0.6) is 11.5 Å². The lowest BCUT2D eigenvalue weighted by Gasteiger charge is -2.14. The van der Waals surface area contributed by atoms with Gasteiger partial charge in [-0.05, 0) is 80.3 Å². The van der Waals surface area contributed by atoms with Gasteiger partial charge in [-0.1, -0.05) is 41.4 Å². The van der Waals surface area contributed by atoms with Crippen molar-refractivity contribution < 1.29 is 19.1 Å². The quantitative estimate of drug-likeness (QED) is 0.276. The standard InChI is InChI=1S/C29H28ClN3O4/c1-17-9-10-24(19(3)11-17)33-29(35)22(15-31)12-21-13-23(30)28(26(14-21)36-5)37-16-27(34)32-25-8-6-7-18(2)20(25)4/h6-14H,16H2,1-5H3,(H,32,34)(H,33,35)/b22-12+. The lowest BCUT2D eigenvalue weighted by atomic mass is 10.1. The zero-order valence-electron chi connectivity index (χ0n) is 21.4. The third kappa shape index (κ3) is 6.90. The number of carbonyl (C=O) groups excluding carboxylic acids is 2. The molecule has 190 valence electrons. The summed E-state index contributed by atoms with van der Waals surface area (Å²) in [5.41, 5.74) is 5.66. The Morgan fingerprint density at radius 3 is 2.43 bits per heavy atom. The first-order valence-corrected chi connectivity index (χ1v) is 11.9. The molecule has 0 heterocycles. The molecule has 0 aliphatic carbocycles. The van der Waals surface area contributed by atoms with E-state index >= 15 is 0 Å². The molecule has 0 atom stereocenters. The van der Waals surface area contributed by atoms with Crippen LogP contribution < -0.4 is 20.1 Å². The molecular weight excluding hydrogens is 490 g/mol. The van der Waals surface area contributed by atoms with E-state index in [-0.39, 0.29) is 34.6 Å². The average molecular weight is 518 g/mol. The molecule has 0 radical (unpaired) electrons. The van der Waals surface area contributed by atoms with Crippen LogP contribution >= 0.6 is 11.6 Å². The fourth-order valence-electron chi connectivity index (χ4n) is 3.63. The van der Waals surface area contributed by atoms with Crippen molar-refractivity contribution in [2.24, 2.45) is 0 Å². The molecule has 0 saturated carbocycles. The molecule has 3 aromatic carbocycles. The van der Waals surface area contributed by atoms with E-state index in [2.05, 4.69) is 10.6 Å². The summed E-state index contributed by atoms with van der Waals surface area (Å²) in [4.78, 5) is 25.2. The molecule has 0 bridgehead atoms. The maximum atomic E-state index is 12.7. The maximum Gasteiger partial charge on any atom is 0.266 e. The minimum absolute atomic E-state index is 0.111. The number of rotatable bonds is 8. The molecule has 7 nitrogen and oxygen atoms in total. The molecule has 3 aromatic rings. The second kappa shape index (κ2) is 12.1. The van der Waals surface area contributed by atoms with E-state index in [1.165, 1.54) is 19.3 Å². The predicted molar refractivity (Wildman–Crippen MR) is 146 cm³/mol. The van der Waals surface area contributed by atoms with Gasteiger partial charge in [-0.3, -0.25) is 9.59 Å². The third-order valence-electron chi connectivity index (χ3n) is 5.78. The number of hydrogen-bond donors (Lipinski definition) is 2. The number of halogens is 1. The van der Waals surface area contributed by atoms with Crippen LogP contribution in [0.3, 0.4) is 0 Å². The van der Waals surface area contributed by atoms with Gasteiger partial charge in [0.05, 0.1) is 12.1 Å². The van der Waals surface area contributed by atoms with Gasteiger partial charge < -0.3 is 20.1 Å². The van der Waals surface area contributed by atoms with Gasteiger partial charge in [-0.15, -0.1) is 0 Å². The highest BCUT2D eigenvalue weighted by Crippen LogP contribution is 2.37. The normalized spacial score (nSPS) is 10.9. The molecule has 0 spiro atoms. The number of carbonyl (C=O) groups is 2. The highest BCUT2D eigenvalue weighted by molar-refractivity contribution is 6.32. The van der Waals surface area contributed by atoms with Gasteiger partial charge in [0.25, 0.3) is 11.8 Å². The molecule has 8 heteroatoms. The lowest BCUT2D eigenvalue weighted by Crippen LogP contribution is -2.21. The lowest BCUT2D eigenvalue weighted by molar-refractivity contribution is -0.118. The van der Waals surface area contributed by atoms with Gasteiger partial charge in [0, 0.05) is 11.4 Å². The molecule has 3 rings (SSSR count). The van der Waals surface area contributed by atoms with Crippen molar-refractivity contribution in [3.8, 4) is 17.6 Å². The minimum atomic E-state index is -0.548. The van der Waals surface area contributed by atoms with Crippen LogP contribution in [-0.4, -0.2) is 25.5 Å². The number of nitriles is 1.